The summed E-state index contributed by atoms with van der Waals surface area (Å²) in [5.74, 6) is 0. The van der Waals surface area contributed by atoms with Crippen molar-refractivity contribution in [1.82, 2.24) is 5.32 Å². The first-order valence-corrected chi connectivity index (χ1v) is 7.75. The van der Waals surface area contributed by atoms with Gasteiger partial charge in [0.25, 0.3) is 0 Å². The van der Waals surface area contributed by atoms with Crippen molar-refractivity contribution in [2.45, 2.75) is 76.0 Å². The molecule has 2 saturated carbocycles. The molecule has 0 aromatic rings. The number of hydrogen-bond acceptors (Lipinski definition) is 3. The van der Waals surface area contributed by atoms with E-state index in [0.717, 1.165) is 25.3 Å². The Bertz CT molecular complexity index is 209. The van der Waals surface area contributed by atoms with Gasteiger partial charge in [-0.2, -0.15) is 0 Å². The van der Waals surface area contributed by atoms with E-state index in [9.17, 15) is 0 Å². The van der Waals surface area contributed by atoms with Crippen LogP contribution in [0.15, 0.2) is 0 Å². The summed E-state index contributed by atoms with van der Waals surface area (Å²) in [5, 5.41) is 3.87. The van der Waals surface area contributed by atoms with E-state index in [1.54, 1.807) is 7.11 Å². The van der Waals surface area contributed by atoms with Crippen LogP contribution in [0, 0.1) is 0 Å². The average Bonchev–Trinajstić information content (AvgIpc) is 2.42. The summed E-state index contributed by atoms with van der Waals surface area (Å²) in [4.78, 5) is 0. The largest absolute Gasteiger partial charge is 0.382 e. The molecule has 2 rings (SSSR count). The van der Waals surface area contributed by atoms with Gasteiger partial charge in [-0.05, 0) is 38.5 Å². The van der Waals surface area contributed by atoms with E-state index >= 15 is 0 Å². The van der Waals surface area contributed by atoms with Crippen molar-refractivity contribution >= 4 is 0 Å². The number of nitrogens with one attached hydrogen (secondary N) is 1. The second-order valence-electron chi connectivity index (χ2n) is 5.84. The van der Waals surface area contributed by atoms with Crippen LogP contribution in [0.1, 0.15) is 57.8 Å². The minimum absolute atomic E-state index is 0.476. The Morgan fingerprint density at radius 3 is 2.17 bits per heavy atom. The lowest BCUT2D eigenvalue weighted by Gasteiger charge is -2.33. The molecule has 3 heteroatoms. The monoisotopic (exact) mass is 255 g/mol. The van der Waals surface area contributed by atoms with Crippen LogP contribution in [0.5, 0.6) is 0 Å². The van der Waals surface area contributed by atoms with E-state index in [1.807, 2.05) is 0 Å². The maximum Gasteiger partial charge on any atom is 0.0704 e. The predicted molar refractivity (Wildman–Crippen MR) is 73.9 cm³/mol. The second kappa shape index (κ2) is 8.13. The fraction of sp³-hybridized carbons (Fsp3) is 1.00. The fourth-order valence-electron chi connectivity index (χ4n) is 3.30. The fourth-order valence-corrected chi connectivity index (χ4v) is 3.30. The van der Waals surface area contributed by atoms with Crippen molar-refractivity contribution in [2.24, 2.45) is 0 Å². The number of ether oxygens (including phenoxy) is 2. The lowest BCUT2D eigenvalue weighted by atomic mass is 9.89. The lowest BCUT2D eigenvalue weighted by Crippen LogP contribution is -2.42. The Morgan fingerprint density at radius 2 is 1.50 bits per heavy atom. The maximum atomic E-state index is 5.81. The number of methoxy groups -OCH3 is 1. The lowest BCUT2D eigenvalue weighted by molar-refractivity contribution is -0.00506. The summed E-state index contributed by atoms with van der Waals surface area (Å²) in [5.41, 5.74) is 0. The Labute approximate surface area is 112 Å². The molecule has 0 spiro atoms. The quantitative estimate of drug-likeness (QED) is 0.740. The Balaban J connectivity index is 1.57. The smallest absolute Gasteiger partial charge is 0.0704 e. The molecule has 2 aliphatic rings. The molecule has 106 valence electrons. The highest BCUT2D eigenvalue weighted by Gasteiger charge is 2.24. The van der Waals surface area contributed by atoms with Gasteiger partial charge in [0.05, 0.1) is 19.3 Å². The second-order valence-corrected chi connectivity index (χ2v) is 5.84. The van der Waals surface area contributed by atoms with Crippen LogP contribution in [-0.4, -0.2) is 38.5 Å². The van der Waals surface area contributed by atoms with Crippen molar-refractivity contribution < 1.29 is 9.47 Å². The van der Waals surface area contributed by atoms with Crippen molar-refractivity contribution in [3.05, 3.63) is 0 Å². The summed E-state index contributed by atoms with van der Waals surface area (Å²) in [7, 11) is 1.73. The molecule has 0 bridgehead atoms. The van der Waals surface area contributed by atoms with E-state index in [1.165, 1.54) is 57.8 Å². The van der Waals surface area contributed by atoms with Gasteiger partial charge >= 0.3 is 0 Å². The zero-order chi connectivity index (χ0) is 12.6. The molecule has 3 nitrogen and oxygen atoms in total. The first-order valence-electron chi connectivity index (χ1n) is 7.75. The average molecular weight is 255 g/mol. The molecule has 0 amide bonds. The van der Waals surface area contributed by atoms with E-state index in [4.69, 9.17) is 9.47 Å². The van der Waals surface area contributed by atoms with Crippen molar-refractivity contribution in [3.8, 4) is 0 Å². The van der Waals surface area contributed by atoms with Gasteiger partial charge in [0.1, 0.15) is 0 Å². The molecule has 2 fully saturated rings. The normalized spacial score (nSPS) is 30.5. The molecule has 0 atom stereocenters. The third kappa shape index (κ3) is 4.87. The Hall–Kier alpha value is -0.120. The van der Waals surface area contributed by atoms with Crippen LogP contribution in [0.25, 0.3) is 0 Å². The Kier molecular flexibility index (Phi) is 6.46. The molecular weight excluding hydrogens is 226 g/mol. The Morgan fingerprint density at radius 1 is 0.833 bits per heavy atom. The van der Waals surface area contributed by atoms with Crippen LogP contribution < -0.4 is 5.32 Å². The topological polar surface area (TPSA) is 30.5 Å². The molecule has 0 aromatic heterocycles. The van der Waals surface area contributed by atoms with E-state index in [2.05, 4.69) is 5.32 Å². The van der Waals surface area contributed by atoms with E-state index in [0.29, 0.717) is 6.10 Å². The van der Waals surface area contributed by atoms with Gasteiger partial charge < -0.3 is 14.8 Å². The van der Waals surface area contributed by atoms with Gasteiger partial charge in [-0.3, -0.25) is 0 Å². The van der Waals surface area contributed by atoms with Crippen molar-refractivity contribution in [1.29, 1.82) is 0 Å². The van der Waals surface area contributed by atoms with Gasteiger partial charge in [-0.15, -0.1) is 0 Å². The maximum absolute atomic E-state index is 5.81. The summed E-state index contributed by atoms with van der Waals surface area (Å²) >= 11 is 0. The molecule has 0 unspecified atom stereocenters. The molecule has 18 heavy (non-hydrogen) atoms. The van der Waals surface area contributed by atoms with Crippen LogP contribution in [0.3, 0.4) is 0 Å². The standard InChI is InChI=1S/C15H29NO2/c1-17-11-12-18-15-9-7-14(8-10-15)16-13-5-3-2-4-6-13/h13-16H,2-12H2,1H3. The highest BCUT2D eigenvalue weighted by atomic mass is 16.5. The van der Waals surface area contributed by atoms with Crippen LogP contribution in [0.4, 0.5) is 0 Å². The SMILES string of the molecule is COCCOC1CCC(NC2CCCCC2)CC1. The summed E-state index contributed by atoms with van der Waals surface area (Å²) in [6.07, 6.45) is 12.6. The number of hydrogen-bond donors (Lipinski definition) is 1. The van der Waals surface area contributed by atoms with Crippen LogP contribution >= 0.6 is 0 Å². The predicted octanol–water partition coefficient (Wildman–Crippen LogP) is 2.88. The van der Waals surface area contributed by atoms with Gasteiger partial charge in [0.2, 0.25) is 0 Å². The summed E-state index contributed by atoms with van der Waals surface area (Å²) < 4.78 is 10.8. The molecule has 1 N–H and O–H groups in total. The van der Waals surface area contributed by atoms with Gasteiger partial charge in [0, 0.05) is 19.2 Å². The molecule has 2 aliphatic carbocycles. The molecule has 0 aromatic carbocycles. The first kappa shape index (κ1) is 14.3. The first-order chi connectivity index (χ1) is 8.88. The molecular formula is C15H29NO2. The highest BCUT2D eigenvalue weighted by Crippen LogP contribution is 2.24. The van der Waals surface area contributed by atoms with E-state index in [-0.39, 0.29) is 0 Å². The zero-order valence-electron chi connectivity index (χ0n) is 11.8. The molecule has 0 saturated heterocycles. The van der Waals surface area contributed by atoms with Crippen molar-refractivity contribution in [3.63, 3.8) is 0 Å². The third-order valence-corrected chi connectivity index (χ3v) is 4.39. The minimum Gasteiger partial charge on any atom is -0.382 e. The molecule has 0 aliphatic heterocycles. The highest BCUT2D eigenvalue weighted by molar-refractivity contribution is 4.82. The van der Waals surface area contributed by atoms with E-state index < -0.39 is 0 Å². The van der Waals surface area contributed by atoms with Crippen molar-refractivity contribution in [2.75, 3.05) is 20.3 Å². The third-order valence-electron chi connectivity index (χ3n) is 4.39. The van der Waals surface area contributed by atoms with Crippen LogP contribution in [-0.2, 0) is 9.47 Å². The zero-order valence-corrected chi connectivity index (χ0v) is 11.8. The minimum atomic E-state index is 0.476. The number of rotatable bonds is 6. The van der Waals surface area contributed by atoms with Gasteiger partial charge in [-0.25, -0.2) is 0 Å². The van der Waals surface area contributed by atoms with Gasteiger partial charge in [-0.1, -0.05) is 19.3 Å². The summed E-state index contributed by atoms with van der Waals surface area (Å²) in [6, 6.07) is 1.55. The molecule has 0 radical (unpaired) electrons. The summed E-state index contributed by atoms with van der Waals surface area (Å²) in [6.45, 7) is 1.47. The van der Waals surface area contributed by atoms with Gasteiger partial charge in [0.15, 0.2) is 0 Å². The van der Waals surface area contributed by atoms with Crippen LogP contribution in [0.2, 0.25) is 0 Å². The molecule has 0 heterocycles.